The van der Waals surface area contributed by atoms with E-state index >= 15 is 0 Å². The molecule has 120 valence electrons. The Balaban J connectivity index is 2.31. The highest BCUT2D eigenvalue weighted by molar-refractivity contribution is 5.93. The molecule has 0 aliphatic rings. The Kier molecular flexibility index (Phi) is 4.08. The van der Waals surface area contributed by atoms with Crippen LogP contribution in [0.15, 0.2) is 43.8 Å². The van der Waals surface area contributed by atoms with Crippen LogP contribution < -0.4 is 0 Å². The Morgan fingerprint density at radius 2 is 2.04 bits per heavy atom. The molecule has 2 heterocycles. The summed E-state index contributed by atoms with van der Waals surface area (Å²) < 4.78 is 1.41. The first kappa shape index (κ1) is 15.8. The van der Waals surface area contributed by atoms with E-state index in [2.05, 4.69) is 28.2 Å². The van der Waals surface area contributed by atoms with Crippen LogP contribution in [-0.4, -0.2) is 25.7 Å². The maximum atomic E-state index is 11.7. The summed E-state index contributed by atoms with van der Waals surface area (Å²) in [4.78, 5) is 20.5. The minimum atomic E-state index is -0.118. The van der Waals surface area contributed by atoms with Crippen LogP contribution in [0.3, 0.4) is 0 Å². The lowest BCUT2D eigenvalue weighted by molar-refractivity contribution is 0.0927. The number of hydrogen-bond acceptors (Lipinski definition) is 4. The van der Waals surface area contributed by atoms with E-state index in [0.717, 1.165) is 33.3 Å². The molecule has 0 fully saturated rings. The molecule has 3 rings (SSSR count). The maximum Gasteiger partial charge on any atom is 0.244 e. The van der Waals surface area contributed by atoms with Gasteiger partial charge in [0, 0.05) is 24.1 Å². The van der Waals surface area contributed by atoms with Crippen LogP contribution in [0.2, 0.25) is 0 Å². The molecular formula is C19H18N4O. The van der Waals surface area contributed by atoms with E-state index in [-0.39, 0.29) is 5.91 Å². The molecule has 0 N–H and O–H groups in total. The Morgan fingerprint density at radius 1 is 1.25 bits per heavy atom. The van der Waals surface area contributed by atoms with Gasteiger partial charge in [-0.1, -0.05) is 12.7 Å². The standard InChI is InChI=1S/C19H18N4O/c1-5-7-14-9-19-15(10-21-23(19)13(4)24)8-16(14)17-11-20-12(3)22-18(17)6-2/h5-6,8-11H,1-2,7H2,3-4H3. The van der Waals surface area contributed by atoms with Crippen LogP contribution in [0.25, 0.3) is 28.1 Å². The summed E-state index contributed by atoms with van der Waals surface area (Å²) in [6.07, 6.45) is 7.73. The van der Waals surface area contributed by atoms with Gasteiger partial charge in [0.1, 0.15) is 5.82 Å². The van der Waals surface area contributed by atoms with E-state index < -0.39 is 0 Å². The average molecular weight is 318 g/mol. The number of allylic oxidation sites excluding steroid dienone is 1. The zero-order valence-electron chi connectivity index (χ0n) is 13.8. The number of carbonyl (C=O) groups excluding carboxylic acids is 1. The molecule has 5 nitrogen and oxygen atoms in total. The summed E-state index contributed by atoms with van der Waals surface area (Å²) in [7, 11) is 0. The fourth-order valence-corrected chi connectivity index (χ4v) is 2.79. The third-order valence-electron chi connectivity index (χ3n) is 3.88. The molecule has 1 aromatic carbocycles. The number of fused-ring (bicyclic) bond motifs is 1. The molecule has 2 aromatic heterocycles. The van der Waals surface area contributed by atoms with Gasteiger partial charge in [0.15, 0.2) is 0 Å². The van der Waals surface area contributed by atoms with Gasteiger partial charge in [0.25, 0.3) is 0 Å². The van der Waals surface area contributed by atoms with E-state index in [1.807, 2.05) is 31.3 Å². The number of carbonyl (C=O) groups is 1. The summed E-state index contributed by atoms with van der Waals surface area (Å²) in [6, 6.07) is 4.00. The van der Waals surface area contributed by atoms with Gasteiger partial charge >= 0.3 is 0 Å². The predicted molar refractivity (Wildman–Crippen MR) is 95.8 cm³/mol. The molecule has 0 unspecified atom stereocenters. The zero-order valence-corrected chi connectivity index (χ0v) is 13.8. The van der Waals surface area contributed by atoms with Gasteiger partial charge in [-0.3, -0.25) is 4.79 Å². The molecule has 0 amide bonds. The van der Waals surface area contributed by atoms with Crippen molar-refractivity contribution < 1.29 is 4.79 Å². The highest BCUT2D eigenvalue weighted by Crippen LogP contribution is 2.31. The van der Waals surface area contributed by atoms with Crippen LogP contribution in [-0.2, 0) is 6.42 Å². The van der Waals surface area contributed by atoms with Crippen molar-refractivity contribution in [2.75, 3.05) is 0 Å². The average Bonchev–Trinajstić information content (AvgIpc) is 2.97. The second kappa shape index (κ2) is 6.20. The second-order valence-electron chi connectivity index (χ2n) is 5.56. The van der Waals surface area contributed by atoms with Crippen molar-refractivity contribution in [3.05, 3.63) is 60.8 Å². The van der Waals surface area contributed by atoms with E-state index in [1.165, 1.54) is 11.6 Å². The molecule has 5 heteroatoms. The van der Waals surface area contributed by atoms with Crippen molar-refractivity contribution >= 4 is 22.9 Å². The largest absolute Gasteiger partial charge is 0.273 e. The van der Waals surface area contributed by atoms with Crippen molar-refractivity contribution in [1.82, 2.24) is 19.7 Å². The van der Waals surface area contributed by atoms with E-state index in [9.17, 15) is 4.79 Å². The first-order valence-corrected chi connectivity index (χ1v) is 7.64. The minimum Gasteiger partial charge on any atom is -0.273 e. The molecule has 0 saturated carbocycles. The van der Waals surface area contributed by atoms with Crippen molar-refractivity contribution in [2.24, 2.45) is 0 Å². The van der Waals surface area contributed by atoms with E-state index in [0.29, 0.717) is 12.2 Å². The normalized spacial score (nSPS) is 10.8. The number of rotatable bonds is 4. The van der Waals surface area contributed by atoms with Crippen LogP contribution in [0.4, 0.5) is 0 Å². The van der Waals surface area contributed by atoms with Crippen LogP contribution in [0.5, 0.6) is 0 Å². The van der Waals surface area contributed by atoms with Crippen LogP contribution in [0, 0.1) is 6.92 Å². The molecule has 0 spiro atoms. The lowest BCUT2D eigenvalue weighted by atomic mass is 9.95. The summed E-state index contributed by atoms with van der Waals surface area (Å²) in [5.41, 5.74) is 4.52. The number of hydrogen-bond donors (Lipinski definition) is 0. The molecule has 0 aliphatic heterocycles. The summed E-state index contributed by atoms with van der Waals surface area (Å²) in [5, 5.41) is 5.07. The SMILES string of the molecule is C=CCc1cc2c(cnn2C(C)=O)cc1-c1cnc(C)nc1C=C. The molecule has 0 atom stereocenters. The van der Waals surface area contributed by atoms with Crippen LogP contribution in [0.1, 0.15) is 28.8 Å². The van der Waals surface area contributed by atoms with E-state index in [4.69, 9.17) is 0 Å². The summed E-state index contributed by atoms with van der Waals surface area (Å²) in [6.45, 7) is 11.0. The molecule has 0 saturated heterocycles. The fraction of sp³-hybridized carbons (Fsp3) is 0.158. The summed E-state index contributed by atoms with van der Waals surface area (Å²) in [5.74, 6) is 0.581. The highest BCUT2D eigenvalue weighted by atomic mass is 16.2. The number of nitrogens with zero attached hydrogens (tertiary/aromatic N) is 4. The lowest BCUT2D eigenvalue weighted by Gasteiger charge is -2.12. The van der Waals surface area contributed by atoms with Crippen molar-refractivity contribution in [1.29, 1.82) is 0 Å². The lowest BCUT2D eigenvalue weighted by Crippen LogP contribution is -2.07. The monoisotopic (exact) mass is 318 g/mol. The van der Waals surface area contributed by atoms with Gasteiger partial charge in [-0.15, -0.1) is 6.58 Å². The maximum absolute atomic E-state index is 11.7. The van der Waals surface area contributed by atoms with E-state index in [1.54, 1.807) is 12.3 Å². The first-order chi connectivity index (χ1) is 11.5. The fourth-order valence-electron chi connectivity index (χ4n) is 2.79. The van der Waals surface area contributed by atoms with Gasteiger partial charge in [0.2, 0.25) is 5.91 Å². The third-order valence-corrected chi connectivity index (χ3v) is 3.88. The Labute approximate surface area is 140 Å². The molecular weight excluding hydrogens is 300 g/mol. The molecule has 24 heavy (non-hydrogen) atoms. The molecule has 0 bridgehead atoms. The van der Waals surface area contributed by atoms with Gasteiger partial charge in [-0.05, 0) is 42.7 Å². The quantitative estimate of drug-likeness (QED) is 0.686. The van der Waals surface area contributed by atoms with Crippen LogP contribution >= 0.6 is 0 Å². The third kappa shape index (κ3) is 2.65. The predicted octanol–water partition coefficient (Wildman–Crippen LogP) is 3.83. The first-order valence-electron chi connectivity index (χ1n) is 7.64. The number of aromatic nitrogens is 4. The summed E-state index contributed by atoms with van der Waals surface area (Å²) >= 11 is 0. The second-order valence-corrected chi connectivity index (χ2v) is 5.56. The smallest absolute Gasteiger partial charge is 0.244 e. The Bertz CT molecular complexity index is 969. The molecule has 0 radical (unpaired) electrons. The molecule has 3 aromatic rings. The van der Waals surface area contributed by atoms with Gasteiger partial charge < -0.3 is 0 Å². The Hall–Kier alpha value is -3.08. The van der Waals surface area contributed by atoms with Crippen molar-refractivity contribution in [3.8, 4) is 11.1 Å². The minimum absolute atomic E-state index is 0.118. The number of benzene rings is 1. The van der Waals surface area contributed by atoms with Crippen molar-refractivity contribution in [2.45, 2.75) is 20.3 Å². The zero-order chi connectivity index (χ0) is 17.3. The molecule has 0 aliphatic carbocycles. The Morgan fingerprint density at radius 3 is 2.71 bits per heavy atom. The van der Waals surface area contributed by atoms with Crippen molar-refractivity contribution in [3.63, 3.8) is 0 Å². The topological polar surface area (TPSA) is 60.7 Å². The van der Waals surface area contributed by atoms with Gasteiger partial charge in [-0.2, -0.15) is 5.10 Å². The van der Waals surface area contributed by atoms with Gasteiger partial charge in [0.05, 0.1) is 17.4 Å². The number of aryl methyl sites for hydroxylation is 1. The van der Waals surface area contributed by atoms with Gasteiger partial charge in [-0.25, -0.2) is 14.6 Å². The highest BCUT2D eigenvalue weighted by Gasteiger charge is 2.14.